The Morgan fingerprint density at radius 3 is 2.88 bits per heavy atom. The van der Waals surface area contributed by atoms with Crippen molar-refractivity contribution in [3.63, 3.8) is 0 Å². The normalized spacial score (nSPS) is 45.0. The summed E-state index contributed by atoms with van der Waals surface area (Å²) in [5.74, 6) is 3.20. The summed E-state index contributed by atoms with van der Waals surface area (Å²) in [6.45, 7) is 5.88. The van der Waals surface area contributed by atoms with Crippen LogP contribution in [-0.2, 0) is 4.79 Å². The van der Waals surface area contributed by atoms with Crippen LogP contribution in [0.3, 0.4) is 0 Å². The van der Waals surface area contributed by atoms with Crippen molar-refractivity contribution in [3.8, 4) is 0 Å². The maximum Gasteiger partial charge on any atom is 0.220 e. The Balaban J connectivity index is 1.45. The van der Waals surface area contributed by atoms with Gasteiger partial charge in [-0.3, -0.25) is 4.79 Å². The van der Waals surface area contributed by atoms with Crippen molar-refractivity contribution in [1.82, 2.24) is 14.9 Å². The molecule has 1 aromatic heterocycles. The third kappa shape index (κ3) is 2.20. The van der Waals surface area contributed by atoms with E-state index >= 15 is 0 Å². The Hall–Kier alpha value is -1.58. The molecule has 0 unspecified atom stereocenters. The first-order chi connectivity index (χ1) is 12.5. The first-order valence-corrected chi connectivity index (χ1v) is 10.5. The molecule has 0 bridgehead atoms. The second kappa shape index (κ2) is 5.71. The Kier molecular flexibility index (Phi) is 3.64. The van der Waals surface area contributed by atoms with E-state index in [4.69, 9.17) is 0 Å². The van der Waals surface area contributed by atoms with E-state index in [0.717, 1.165) is 37.1 Å². The van der Waals surface area contributed by atoms with Crippen molar-refractivity contribution in [2.45, 2.75) is 58.8 Å². The predicted octanol–water partition coefficient (Wildman–Crippen LogP) is 4.10. The van der Waals surface area contributed by atoms with Crippen molar-refractivity contribution >= 4 is 11.6 Å². The highest BCUT2D eigenvalue weighted by Crippen LogP contribution is 2.65. The number of fused-ring (bicyclic) bond motifs is 5. The molecule has 3 fully saturated rings. The van der Waals surface area contributed by atoms with Crippen molar-refractivity contribution in [2.75, 3.05) is 6.54 Å². The number of aromatic nitrogens is 2. The summed E-state index contributed by atoms with van der Waals surface area (Å²) >= 11 is 0. The first kappa shape index (κ1) is 16.6. The van der Waals surface area contributed by atoms with Gasteiger partial charge in [-0.15, -0.1) is 0 Å². The summed E-state index contributed by atoms with van der Waals surface area (Å²) in [6, 6.07) is 0. The quantitative estimate of drug-likeness (QED) is 0.826. The van der Waals surface area contributed by atoms with Crippen molar-refractivity contribution < 1.29 is 4.79 Å². The molecule has 1 saturated heterocycles. The van der Waals surface area contributed by atoms with Gasteiger partial charge in [0.15, 0.2) is 0 Å². The Bertz CT molecular complexity index is 739. The average Bonchev–Trinajstić information content (AvgIpc) is 3.20. The first-order valence-electron chi connectivity index (χ1n) is 10.5. The second-order valence-corrected chi connectivity index (χ2v) is 9.71. The molecule has 1 aliphatic heterocycles. The molecule has 2 heterocycles. The van der Waals surface area contributed by atoms with E-state index in [2.05, 4.69) is 41.0 Å². The number of carbonyl (C=O) groups is 1. The summed E-state index contributed by atoms with van der Waals surface area (Å²) < 4.78 is 2.25. The molecule has 0 radical (unpaired) electrons. The lowest BCUT2D eigenvalue weighted by Gasteiger charge is -2.58. The molecule has 3 aliphatic carbocycles. The fourth-order valence-corrected chi connectivity index (χ4v) is 7.37. The van der Waals surface area contributed by atoms with E-state index in [9.17, 15) is 4.79 Å². The van der Waals surface area contributed by atoms with Gasteiger partial charge in [-0.05, 0) is 67.6 Å². The molecule has 4 heteroatoms. The highest BCUT2D eigenvalue weighted by Gasteiger charge is 2.58. The lowest BCUT2D eigenvalue weighted by atomic mass is 9.46. The predicted molar refractivity (Wildman–Crippen MR) is 102 cm³/mol. The Morgan fingerprint density at radius 2 is 2.08 bits per heavy atom. The number of amides is 1. The average molecular weight is 354 g/mol. The summed E-state index contributed by atoms with van der Waals surface area (Å²) in [7, 11) is 0. The molecule has 2 saturated carbocycles. The smallest absolute Gasteiger partial charge is 0.220 e. The molecule has 4 nitrogen and oxygen atoms in total. The molecular weight excluding hydrogens is 322 g/mol. The van der Waals surface area contributed by atoms with E-state index in [1.807, 2.05) is 12.5 Å². The van der Waals surface area contributed by atoms with Crippen LogP contribution in [0.2, 0.25) is 0 Å². The second-order valence-electron chi connectivity index (χ2n) is 9.71. The van der Waals surface area contributed by atoms with Gasteiger partial charge in [-0.2, -0.15) is 0 Å². The Labute approximate surface area is 156 Å². The topological polar surface area (TPSA) is 46.9 Å². The lowest BCUT2D eigenvalue weighted by molar-refractivity contribution is -0.124. The van der Waals surface area contributed by atoms with Crippen LogP contribution in [0.4, 0.5) is 0 Å². The molecule has 1 amide bonds. The number of hydrogen-bond donors (Lipinski definition) is 1. The number of allylic oxidation sites excluding steroid dienone is 2. The van der Waals surface area contributed by atoms with Crippen LogP contribution < -0.4 is 5.32 Å². The highest BCUT2D eigenvalue weighted by atomic mass is 16.1. The summed E-state index contributed by atoms with van der Waals surface area (Å²) in [4.78, 5) is 16.4. The van der Waals surface area contributed by atoms with Gasteiger partial charge in [0.2, 0.25) is 5.91 Å². The van der Waals surface area contributed by atoms with Crippen LogP contribution in [0.25, 0.3) is 5.70 Å². The van der Waals surface area contributed by atoms with Gasteiger partial charge in [0.05, 0.1) is 6.33 Å². The molecule has 0 aromatic carbocycles. The Morgan fingerprint density at radius 1 is 1.19 bits per heavy atom. The molecule has 4 aliphatic rings. The molecule has 6 atom stereocenters. The summed E-state index contributed by atoms with van der Waals surface area (Å²) in [6.07, 6.45) is 16.7. The number of hydrogen-bond acceptors (Lipinski definition) is 2. The SMILES string of the molecule is C[C@]12CCNC(=O)C[C@@H]1CC[C@@H]1[C@@H]2CC[C@]2(C)C(n3ccnc3)=CC[C@@H]12. The van der Waals surface area contributed by atoms with Crippen molar-refractivity contribution in [3.05, 3.63) is 24.8 Å². The molecule has 26 heavy (non-hydrogen) atoms. The number of carbonyl (C=O) groups excluding carboxylic acids is 1. The lowest BCUT2D eigenvalue weighted by Crippen LogP contribution is -2.51. The molecule has 0 spiro atoms. The largest absolute Gasteiger partial charge is 0.356 e. The monoisotopic (exact) mass is 353 g/mol. The van der Waals surface area contributed by atoms with Gasteiger partial charge >= 0.3 is 0 Å². The fourth-order valence-electron chi connectivity index (χ4n) is 7.37. The summed E-state index contributed by atoms with van der Waals surface area (Å²) in [5, 5.41) is 3.14. The molecule has 140 valence electrons. The zero-order valence-corrected chi connectivity index (χ0v) is 16.1. The minimum atomic E-state index is 0.280. The van der Waals surface area contributed by atoms with E-state index < -0.39 is 0 Å². The van der Waals surface area contributed by atoms with Crippen LogP contribution in [0.5, 0.6) is 0 Å². The number of imidazole rings is 1. The van der Waals surface area contributed by atoms with E-state index in [-0.39, 0.29) is 11.3 Å². The van der Waals surface area contributed by atoms with Crippen LogP contribution >= 0.6 is 0 Å². The summed E-state index contributed by atoms with van der Waals surface area (Å²) in [5.41, 5.74) is 2.09. The van der Waals surface area contributed by atoms with Crippen LogP contribution in [0.1, 0.15) is 58.8 Å². The maximum atomic E-state index is 12.1. The minimum absolute atomic E-state index is 0.280. The fraction of sp³-hybridized carbons (Fsp3) is 0.727. The van der Waals surface area contributed by atoms with Crippen LogP contribution in [-0.4, -0.2) is 22.0 Å². The number of nitrogens with one attached hydrogen (secondary N) is 1. The molecule has 1 N–H and O–H groups in total. The van der Waals surface area contributed by atoms with Gasteiger partial charge in [-0.25, -0.2) is 4.98 Å². The number of rotatable bonds is 1. The third-order valence-electron chi connectivity index (χ3n) is 8.81. The minimum Gasteiger partial charge on any atom is -0.356 e. The van der Waals surface area contributed by atoms with E-state index in [1.165, 1.54) is 37.8 Å². The molecular formula is C22H31N3O. The zero-order valence-electron chi connectivity index (χ0n) is 16.1. The van der Waals surface area contributed by atoms with Crippen molar-refractivity contribution in [1.29, 1.82) is 0 Å². The zero-order chi connectivity index (χ0) is 17.9. The van der Waals surface area contributed by atoms with Gasteiger partial charge in [0, 0.05) is 36.5 Å². The van der Waals surface area contributed by atoms with Gasteiger partial charge < -0.3 is 9.88 Å². The van der Waals surface area contributed by atoms with Gasteiger partial charge in [0.25, 0.3) is 0 Å². The van der Waals surface area contributed by atoms with Crippen molar-refractivity contribution in [2.24, 2.45) is 34.5 Å². The van der Waals surface area contributed by atoms with Gasteiger partial charge in [-0.1, -0.05) is 19.9 Å². The highest BCUT2D eigenvalue weighted by molar-refractivity contribution is 5.76. The van der Waals surface area contributed by atoms with E-state index in [1.54, 1.807) is 0 Å². The molecule has 5 rings (SSSR count). The third-order valence-corrected chi connectivity index (χ3v) is 8.81. The maximum absolute atomic E-state index is 12.1. The van der Waals surface area contributed by atoms with Crippen LogP contribution in [0.15, 0.2) is 24.8 Å². The van der Waals surface area contributed by atoms with Gasteiger partial charge in [0.1, 0.15) is 0 Å². The van der Waals surface area contributed by atoms with E-state index in [0.29, 0.717) is 11.3 Å². The molecule has 1 aromatic rings. The number of nitrogens with zero attached hydrogens (tertiary/aromatic N) is 2. The van der Waals surface area contributed by atoms with Crippen LogP contribution in [0, 0.1) is 34.5 Å². The standard InChI is InChI=1S/C22H31N3O/c1-21-9-10-24-20(26)13-15(21)3-4-16-17-5-6-19(25-12-11-23-14-25)22(17,2)8-7-18(16)21/h6,11-12,14-18H,3-5,7-10,13H2,1-2H3,(H,24,26)/t15-,16-,17-,18-,21-,22-/m0/s1.